The van der Waals surface area contributed by atoms with Crippen LogP contribution in [0.1, 0.15) is 11.1 Å². The maximum atomic E-state index is 10.6. The molecule has 0 atom stereocenters. The fourth-order valence-corrected chi connectivity index (χ4v) is 1.31. The molecule has 0 aliphatic carbocycles. The highest BCUT2D eigenvalue weighted by molar-refractivity contribution is 5.72. The number of carboxylic acids is 1. The third-order valence-electron chi connectivity index (χ3n) is 2.00. The molecule has 0 bridgehead atoms. The molecule has 0 heterocycles. The minimum atomic E-state index is -0.904. The Kier molecular flexibility index (Phi) is 4.10. The largest absolute Gasteiger partial charge is 0.496 e. The fourth-order valence-electron chi connectivity index (χ4n) is 1.31. The fraction of sp³-hybridized carbons (Fsp3) is 0.167. The Morgan fingerprint density at radius 3 is 2.94 bits per heavy atom. The lowest BCUT2D eigenvalue weighted by Gasteiger charge is -2.07. The normalized spacial score (nSPS) is 10.0. The average Bonchev–Trinajstić information content (AvgIpc) is 2.27. The molecule has 0 aliphatic rings. The van der Waals surface area contributed by atoms with Crippen molar-refractivity contribution < 1.29 is 14.6 Å². The van der Waals surface area contributed by atoms with E-state index in [9.17, 15) is 4.79 Å². The van der Waals surface area contributed by atoms with Crippen LogP contribution in [0.25, 0.3) is 6.08 Å². The van der Waals surface area contributed by atoms with E-state index in [4.69, 9.17) is 15.1 Å². The van der Waals surface area contributed by atoms with Gasteiger partial charge < -0.3 is 9.84 Å². The number of aliphatic carboxylic acids is 1. The number of rotatable bonds is 4. The first kappa shape index (κ1) is 11.8. The highest BCUT2D eigenvalue weighted by Crippen LogP contribution is 2.21. The first-order valence-corrected chi connectivity index (χ1v) is 4.62. The van der Waals surface area contributed by atoms with Crippen LogP contribution in [-0.2, 0) is 11.2 Å². The summed E-state index contributed by atoms with van der Waals surface area (Å²) in [4.78, 5) is 10.6. The van der Waals surface area contributed by atoms with Crippen molar-refractivity contribution in [3.63, 3.8) is 0 Å². The molecule has 0 fully saturated rings. The molecule has 4 nitrogen and oxygen atoms in total. The molecule has 1 aromatic carbocycles. The number of allylic oxidation sites excluding steroid dienone is 1. The molecule has 1 rings (SSSR count). The maximum Gasteiger partial charge on any atom is 0.307 e. The molecule has 0 spiro atoms. The minimum absolute atomic E-state index is 0.0780. The van der Waals surface area contributed by atoms with E-state index in [1.807, 2.05) is 6.07 Å². The second-order valence-corrected chi connectivity index (χ2v) is 3.10. The monoisotopic (exact) mass is 217 g/mol. The molecular formula is C12H11NO3. The lowest BCUT2D eigenvalue weighted by Crippen LogP contribution is -2.02. The van der Waals surface area contributed by atoms with Gasteiger partial charge in [0.15, 0.2) is 0 Å². The number of hydrogen-bond donors (Lipinski definition) is 1. The number of ether oxygens (including phenoxy) is 1. The highest BCUT2D eigenvalue weighted by atomic mass is 16.5. The zero-order chi connectivity index (χ0) is 12.0. The third kappa shape index (κ3) is 3.14. The summed E-state index contributed by atoms with van der Waals surface area (Å²) in [6.07, 6.45) is 2.91. The Bertz CT molecular complexity index is 458. The van der Waals surface area contributed by atoms with Gasteiger partial charge in [-0.15, -0.1) is 0 Å². The lowest BCUT2D eigenvalue weighted by atomic mass is 10.1. The van der Waals surface area contributed by atoms with Gasteiger partial charge in [-0.25, -0.2) is 0 Å². The number of methoxy groups -OCH3 is 1. The molecule has 0 aromatic heterocycles. The summed E-state index contributed by atoms with van der Waals surface area (Å²) in [7, 11) is 1.48. The number of nitriles is 1. The van der Waals surface area contributed by atoms with Crippen LogP contribution in [-0.4, -0.2) is 18.2 Å². The van der Waals surface area contributed by atoms with E-state index in [1.54, 1.807) is 24.3 Å². The van der Waals surface area contributed by atoms with Gasteiger partial charge in [0.1, 0.15) is 5.75 Å². The standard InChI is InChI=1S/C12H11NO3/c1-16-11-7-9(3-2-6-13)4-5-10(11)8-12(14)15/h2-5,7H,8H2,1H3,(H,14,15). The van der Waals surface area contributed by atoms with Crippen molar-refractivity contribution >= 4 is 12.0 Å². The smallest absolute Gasteiger partial charge is 0.307 e. The van der Waals surface area contributed by atoms with Crippen LogP contribution in [0.3, 0.4) is 0 Å². The maximum absolute atomic E-state index is 10.6. The van der Waals surface area contributed by atoms with Gasteiger partial charge in [0.05, 0.1) is 19.6 Å². The molecule has 0 aliphatic heterocycles. The van der Waals surface area contributed by atoms with Crippen molar-refractivity contribution in [3.8, 4) is 11.8 Å². The summed E-state index contributed by atoms with van der Waals surface area (Å²) in [6.45, 7) is 0. The van der Waals surface area contributed by atoms with Crippen molar-refractivity contribution in [1.82, 2.24) is 0 Å². The first-order chi connectivity index (χ1) is 7.67. The third-order valence-corrected chi connectivity index (χ3v) is 2.00. The Morgan fingerprint density at radius 2 is 2.38 bits per heavy atom. The van der Waals surface area contributed by atoms with Gasteiger partial charge in [-0.3, -0.25) is 4.79 Å². The SMILES string of the molecule is COc1cc(C=CC#N)ccc1CC(=O)O. The molecule has 0 unspecified atom stereocenters. The molecule has 0 amide bonds. The number of carboxylic acid groups (broad SMARTS) is 1. The predicted molar refractivity (Wildman–Crippen MR) is 59.0 cm³/mol. The van der Waals surface area contributed by atoms with Gasteiger partial charge in [0.2, 0.25) is 0 Å². The summed E-state index contributed by atoms with van der Waals surface area (Å²) >= 11 is 0. The quantitative estimate of drug-likeness (QED) is 0.781. The molecule has 0 saturated carbocycles. The second-order valence-electron chi connectivity index (χ2n) is 3.10. The van der Waals surface area contributed by atoms with E-state index in [0.717, 1.165) is 5.56 Å². The van der Waals surface area contributed by atoms with E-state index in [2.05, 4.69) is 0 Å². The van der Waals surface area contributed by atoms with E-state index >= 15 is 0 Å². The van der Waals surface area contributed by atoms with Crippen LogP contribution in [0, 0.1) is 11.3 Å². The van der Waals surface area contributed by atoms with Gasteiger partial charge in [0, 0.05) is 11.6 Å². The van der Waals surface area contributed by atoms with E-state index in [1.165, 1.54) is 13.2 Å². The summed E-state index contributed by atoms with van der Waals surface area (Å²) in [5.74, 6) is -0.388. The van der Waals surface area contributed by atoms with Gasteiger partial charge in [0.25, 0.3) is 0 Å². The Morgan fingerprint density at radius 1 is 1.62 bits per heavy atom. The Balaban J connectivity index is 3.02. The molecule has 1 N–H and O–H groups in total. The second kappa shape index (κ2) is 5.56. The Labute approximate surface area is 93.4 Å². The van der Waals surface area contributed by atoms with Gasteiger partial charge >= 0.3 is 5.97 Å². The van der Waals surface area contributed by atoms with Crippen molar-refractivity contribution in [2.24, 2.45) is 0 Å². The van der Waals surface area contributed by atoms with Crippen molar-refractivity contribution in [1.29, 1.82) is 5.26 Å². The van der Waals surface area contributed by atoms with Crippen LogP contribution < -0.4 is 4.74 Å². The molecule has 0 saturated heterocycles. The Hall–Kier alpha value is -2.28. The molecule has 16 heavy (non-hydrogen) atoms. The zero-order valence-electron chi connectivity index (χ0n) is 8.80. The first-order valence-electron chi connectivity index (χ1n) is 4.62. The van der Waals surface area contributed by atoms with E-state index in [-0.39, 0.29) is 6.42 Å². The van der Waals surface area contributed by atoms with E-state index < -0.39 is 5.97 Å². The number of benzene rings is 1. The highest BCUT2D eigenvalue weighted by Gasteiger charge is 2.07. The summed E-state index contributed by atoms with van der Waals surface area (Å²) in [5, 5.41) is 17.1. The number of carbonyl (C=O) groups is 1. The van der Waals surface area contributed by atoms with Crippen molar-refractivity contribution in [2.45, 2.75) is 6.42 Å². The number of hydrogen-bond acceptors (Lipinski definition) is 3. The predicted octanol–water partition coefficient (Wildman–Crippen LogP) is 1.86. The molecule has 82 valence electrons. The molecular weight excluding hydrogens is 206 g/mol. The lowest BCUT2D eigenvalue weighted by molar-refractivity contribution is -0.136. The van der Waals surface area contributed by atoms with Crippen LogP contribution in [0.2, 0.25) is 0 Å². The van der Waals surface area contributed by atoms with Crippen LogP contribution >= 0.6 is 0 Å². The van der Waals surface area contributed by atoms with Gasteiger partial charge in [-0.05, 0) is 17.7 Å². The van der Waals surface area contributed by atoms with Crippen molar-refractivity contribution in [2.75, 3.05) is 7.11 Å². The topological polar surface area (TPSA) is 70.3 Å². The van der Waals surface area contributed by atoms with Crippen LogP contribution in [0.5, 0.6) is 5.75 Å². The molecule has 0 radical (unpaired) electrons. The van der Waals surface area contributed by atoms with Crippen LogP contribution in [0.15, 0.2) is 24.3 Å². The molecule has 4 heteroatoms. The zero-order valence-corrected chi connectivity index (χ0v) is 8.80. The summed E-state index contributed by atoms with van der Waals surface area (Å²) in [5.41, 5.74) is 1.41. The van der Waals surface area contributed by atoms with Crippen LogP contribution in [0.4, 0.5) is 0 Å². The molecule has 1 aromatic rings. The van der Waals surface area contributed by atoms with E-state index in [0.29, 0.717) is 11.3 Å². The average molecular weight is 217 g/mol. The minimum Gasteiger partial charge on any atom is -0.496 e. The summed E-state index contributed by atoms with van der Waals surface area (Å²) < 4.78 is 5.09. The van der Waals surface area contributed by atoms with Crippen molar-refractivity contribution in [3.05, 3.63) is 35.4 Å². The van der Waals surface area contributed by atoms with Gasteiger partial charge in [-0.1, -0.05) is 12.1 Å². The number of nitrogens with zero attached hydrogens (tertiary/aromatic N) is 1. The summed E-state index contributed by atoms with van der Waals surface area (Å²) in [6, 6.07) is 7.01. The van der Waals surface area contributed by atoms with Gasteiger partial charge in [-0.2, -0.15) is 5.26 Å².